The molecular formula is C16H28N4. The SMILES string of the molecule is CCNC(c1nccn1C)C1(N2CCCC2)CCCC1. The van der Waals surface area contributed by atoms with Gasteiger partial charge in [0.05, 0.1) is 6.04 Å². The molecule has 3 rings (SSSR count). The lowest BCUT2D eigenvalue weighted by atomic mass is 9.85. The summed E-state index contributed by atoms with van der Waals surface area (Å²) in [5.74, 6) is 1.21. The second-order valence-electron chi connectivity index (χ2n) is 6.39. The zero-order chi connectivity index (χ0) is 14.0. The van der Waals surface area contributed by atoms with E-state index in [9.17, 15) is 0 Å². The number of hydrogen-bond donors (Lipinski definition) is 1. The quantitative estimate of drug-likeness (QED) is 0.897. The van der Waals surface area contributed by atoms with Crippen LogP contribution >= 0.6 is 0 Å². The van der Waals surface area contributed by atoms with Crippen LogP contribution < -0.4 is 5.32 Å². The molecule has 1 saturated heterocycles. The van der Waals surface area contributed by atoms with Crippen molar-refractivity contribution in [2.24, 2.45) is 7.05 Å². The molecule has 4 nitrogen and oxygen atoms in total. The number of aryl methyl sites for hydroxylation is 1. The van der Waals surface area contributed by atoms with Gasteiger partial charge < -0.3 is 9.88 Å². The Kier molecular flexibility index (Phi) is 4.13. The zero-order valence-corrected chi connectivity index (χ0v) is 12.9. The molecule has 112 valence electrons. The van der Waals surface area contributed by atoms with Crippen molar-refractivity contribution in [3.05, 3.63) is 18.2 Å². The highest BCUT2D eigenvalue weighted by Crippen LogP contribution is 2.45. The van der Waals surface area contributed by atoms with E-state index in [2.05, 4.69) is 39.9 Å². The first-order valence-corrected chi connectivity index (χ1v) is 8.23. The summed E-state index contributed by atoms with van der Waals surface area (Å²) in [5, 5.41) is 3.76. The Morgan fingerprint density at radius 1 is 1.25 bits per heavy atom. The smallest absolute Gasteiger partial charge is 0.127 e. The first-order valence-electron chi connectivity index (χ1n) is 8.23. The van der Waals surface area contributed by atoms with E-state index in [4.69, 9.17) is 0 Å². The van der Waals surface area contributed by atoms with Gasteiger partial charge in [0.15, 0.2) is 0 Å². The minimum atomic E-state index is 0.297. The number of nitrogens with zero attached hydrogens (tertiary/aromatic N) is 3. The molecule has 0 aromatic carbocycles. The number of aromatic nitrogens is 2. The fourth-order valence-corrected chi connectivity index (χ4v) is 4.32. The summed E-state index contributed by atoms with van der Waals surface area (Å²) in [6.07, 6.45) is 12.1. The molecule has 2 fully saturated rings. The molecule has 1 unspecified atom stereocenters. The lowest BCUT2D eigenvalue weighted by molar-refractivity contribution is 0.0724. The van der Waals surface area contributed by atoms with Gasteiger partial charge in [0.25, 0.3) is 0 Å². The first kappa shape index (κ1) is 14.1. The number of hydrogen-bond acceptors (Lipinski definition) is 3. The van der Waals surface area contributed by atoms with E-state index >= 15 is 0 Å². The van der Waals surface area contributed by atoms with Crippen LogP contribution in [-0.4, -0.2) is 39.6 Å². The second kappa shape index (κ2) is 5.86. The highest BCUT2D eigenvalue weighted by Gasteiger charge is 2.48. The number of imidazole rings is 1. The maximum absolute atomic E-state index is 4.67. The van der Waals surface area contributed by atoms with Crippen LogP contribution in [0.15, 0.2) is 12.4 Å². The molecule has 4 heteroatoms. The first-order chi connectivity index (χ1) is 9.78. The number of likely N-dealkylation sites (N-methyl/N-ethyl adjacent to an activating group) is 1. The molecule has 0 bridgehead atoms. The van der Waals surface area contributed by atoms with E-state index in [-0.39, 0.29) is 0 Å². The second-order valence-corrected chi connectivity index (χ2v) is 6.39. The Hall–Kier alpha value is -0.870. The van der Waals surface area contributed by atoms with Gasteiger partial charge >= 0.3 is 0 Å². The summed E-state index contributed by atoms with van der Waals surface area (Å²) in [4.78, 5) is 7.44. The van der Waals surface area contributed by atoms with Gasteiger partial charge in [-0.1, -0.05) is 19.8 Å². The van der Waals surface area contributed by atoms with Crippen molar-refractivity contribution < 1.29 is 0 Å². The minimum absolute atomic E-state index is 0.297. The van der Waals surface area contributed by atoms with Crippen LogP contribution in [-0.2, 0) is 7.05 Å². The molecule has 1 aliphatic heterocycles. The molecule has 1 atom stereocenters. The Morgan fingerprint density at radius 2 is 1.95 bits per heavy atom. The van der Waals surface area contributed by atoms with Crippen LogP contribution in [0.5, 0.6) is 0 Å². The van der Waals surface area contributed by atoms with Gasteiger partial charge in [-0.25, -0.2) is 4.98 Å². The fraction of sp³-hybridized carbons (Fsp3) is 0.812. The Labute approximate surface area is 122 Å². The lowest BCUT2D eigenvalue weighted by Crippen LogP contribution is -2.54. The molecule has 0 spiro atoms. The van der Waals surface area contributed by atoms with Crippen LogP contribution in [0.2, 0.25) is 0 Å². The van der Waals surface area contributed by atoms with Gasteiger partial charge in [-0.15, -0.1) is 0 Å². The lowest BCUT2D eigenvalue weighted by Gasteiger charge is -2.45. The topological polar surface area (TPSA) is 33.1 Å². The molecule has 1 aromatic rings. The molecule has 20 heavy (non-hydrogen) atoms. The van der Waals surface area contributed by atoms with Crippen LogP contribution in [0.1, 0.15) is 57.3 Å². The van der Waals surface area contributed by atoms with Gasteiger partial charge in [-0.2, -0.15) is 0 Å². The number of likely N-dealkylation sites (tertiary alicyclic amines) is 1. The maximum atomic E-state index is 4.67. The average molecular weight is 276 g/mol. The van der Waals surface area contributed by atoms with Gasteiger partial charge in [0.2, 0.25) is 0 Å². The molecule has 2 aliphatic rings. The normalized spacial score (nSPS) is 24.3. The highest BCUT2D eigenvalue weighted by molar-refractivity contribution is 5.13. The molecule has 0 radical (unpaired) electrons. The number of rotatable bonds is 5. The maximum Gasteiger partial charge on any atom is 0.127 e. The van der Waals surface area contributed by atoms with E-state index in [0.29, 0.717) is 11.6 Å². The van der Waals surface area contributed by atoms with Gasteiger partial charge in [0.1, 0.15) is 5.82 Å². The standard InChI is InChI=1S/C16H28N4/c1-3-17-14(15-18-10-13-19(15)2)16(8-4-5-9-16)20-11-6-7-12-20/h10,13-14,17H,3-9,11-12H2,1-2H3. The van der Waals surface area contributed by atoms with Crippen molar-refractivity contribution in [2.45, 2.75) is 57.0 Å². The average Bonchev–Trinajstić information content (AvgIpc) is 3.18. The Bertz CT molecular complexity index is 427. The predicted octanol–water partition coefficient (Wildman–Crippen LogP) is 2.48. The molecule has 1 aliphatic carbocycles. The third kappa shape index (κ3) is 2.29. The van der Waals surface area contributed by atoms with Crippen molar-refractivity contribution in [3.63, 3.8) is 0 Å². The van der Waals surface area contributed by atoms with Gasteiger partial charge in [0, 0.05) is 25.0 Å². The largest absolute Gasteiger partial charge is 0.337 e. The summed E-state index contributed by atoms with van der Waals surface area (Å²) >= 11 is 0. The summed E-state index contributed by atoms with van der Waals surface area (Å²) < 4.78 is 2.20. The van der Waals surface area contributed by atoms with Crippen LogP contribution in [0.3, 0.4) is 0 Å². The number of nitrogens with one attached hydrogen (secondary N) is 1. The molecule has 1 saturated carbocycles. The van der Waals surface area contributed by atoms with E-state index in [1.807, 2.05) is 6.20 Å². The van der Waals surface area contributed by atoms with Gasteiger partial charge in [-0.3, -0.25) is 4.90 Å². The van der Waals surface area contributed by atoms with Crippen LogP contribution in [0.25, 0.3) is 0 Å². The van der Waals surface area contributed by atoms with Crippen molar-refractivity contribution in [1.82, 2.24) is 19.8 Å². The molecular weight excluding hydrogens is 248 g/mol. The predicted molar refractivity (Wildman–Crippen MR) is 81.6 cm³/mol. The Morgan fingerprint density at radius 3 is 2.50 bits per heavy atom. The molecule has 0 amide bonds. The molecule has 1 aromatic heterocycles. The van der Waals surface area contributed by atoms with Crippen molar-refractivity contribution in [3.8, 4) is 0 Å². The van der Waals surface area contributed by atoms with Crippen LogP contribution in [0, 0.1) is 0 Å². The highest BCUT2D eigenvalue weighted by atomic mass is 15.3. The molecule has 2 heterocycles. The Balaban J connectivity index is 1.96. The van der Waals surface area contributed by atoms with Crippen molar-refractivity contribution >= 4 is 0 Å². The van der Waals surface area contributed by atoms with Gasteiger partial charge in [-0.05, 0) is 45.3 Å². The van der Waals surface area contributed by atoms with Crippen molar-refractivity contribution in [2.75, 3.05) is 19.6 Å². The van der Waals surface area contributed by atoms with E-state index in [1.54, 1.807) is 0 Å². The minimum Gasteiger partial charge on any atom is -0.337 e. The van der Waals surface area contributed by atoms with Crippen LogP contribution in [0.4, 0.5) is 0 Å². The monoisotopic (exact) mass is 276 g/mol. The summed E-state index contributed by atoms with van der Waals surface area (Å²) in [6.45, 7) is 5.76. The summed E-state index contributed by atoms with van der Waals surface area (Å²) in [7, 11) is 2.12. The van der Waals surface area contributed by atoms with E-state index < -0.39 is 0 Å². The third-order valence-corrected chi connectivity index (χ3v) is 5.27. The third-order valence-electron chi connectivity index (χ3n) is 5.27. The summed E-state index contributed by atoms with van der Waals surface area (Å²) in [5.41, 5.74) is 0.297. The molecule has 1 N–H and O–H groups in total. The van der Waals surface area contributed by atoms with E-state index in [1.165, 1.54) is 57.4 Å². The fourth-order valence-electron chi connectivity index (χ4n) is 4.32. The zero-order valence-electron chi connectivity index (χ0n) is 12.9. The summed E-state index contributed by atoms with van der Waals surface area (Å²) in [6, 6.07) is 0.369. The van der Waals surface area contributed by atoms with E-state index in [0.717, 1.165) is 6.54 Å². The van der Waals surface area contributed by atoms with Crippen molar-refractivity contribution in [1.29, 1.82) is 0 Å².